The zero-order valence-corrected chi connectivity index (χ0v) is 32.4. The first kappa shape index (κ1) is 37.2. The van der Waals surface area contributed by atoms with Gasteiger partial charge in [0.25, 0.3) is 0 Å². The molecule has 0 aromatic carbocycles. The van der Waals surface area contributed by atoms with Gasteiger partial charge < -0.3 is 15.2 Å². The lowest BCUT2D eigenvalue weighted by Gasteiger charge is -2.72. The summed E-state index contributed by atoms with van der Waals surface area (Å²) in [7, 11) is 0. The number of nitrogens with zero attached hydrogens (tertiary/aromatic N) is 1. The molecule has 4 fully saturated rings. The van der Waals surface area contributed by atoms with E-state index in [1.807, 2.05) is 12.4 Å². The van der Waals surface area contributed by atoms with Gasteiger partial charge in [-0.3, -0.25) is 19.4 Å². The molecule has 0 unspecified atom stereocenters. The van der Waals surface area contributed by atoms with E-state index >= 15 is 0 Å². The SMILES string of the molecule is CC(C)C1=C2[C@H]3CC[C@@H]4[C@@]5(C)CC[C@H](OC(=O)CC(C)(C)C(=O)O)C(C)(C)[C@@H]5CC[C@@]4(C)[C@]3(C)CC[C@@]2(CCNCc2ccncc2)CC1=O. The predicted molar refractivity (Wildman–Crippen MR) is 196 cm³/mol. The number of esters is 1. The zero-order chi connectivity index (χ0) is 36.5. The largest absolute Gasteiger partial charge is 0.481 e. The first-order chi connectivity index (χ1) is 23.3. The van der Waals surface area contributed by atoms with Crippen LogP contribution >= 0.6 is 0 Å². The minimum atomic E-state index is -1.14. The molecular weight excluding hydrogens is 624 g/mol. The van der Waals surface area contributed by atoms with Crippen LogP contribution in [0, 0.1) is 56.2 Å². The van der Waals surface area contributed by atoms with Crippen molar-refractivity contribution in [3.8, 4) is 0 Å². The van der Waals surface area contributed by atoms with Crippen molar-refractivity contribution in [3.63, 3.8) is 0 Å². The number of carboxylic acid groups (broad SMARTS) is 1. The second kappa shape index (κ2) is 12.8. The van der Waals surface area contributed by atoms with Crippen LogP contribution in [0.25, 0.3) is 0 Å². The molecule has 0 saturated heterocycles. The number of aliphatic carboxylic acids is 1. The van der Waals surface area contributed by atoms with Crippen LogP contribution in [0.3, 0.4) is 0 Å². The molecule has 0 radical (unpaired) electrons. The van der Waals surface area contributed by atoms with Crippen LogP contribution in [-0.2, 0) is 25.7 Å². The van der Waals surface area contributed by atoms with E-state index in [0.717, 1.165) is 63.6 Å². The first-order valence-electron chi connectivity index (χ1n) is 19.6. The summed E-state index contributed by atoms with van der Waals surface area (Å²) in [6.45, 7) is 21.8. The number of Topliss-reactive ketones (excluding diaryl/α,β-unsaturated/α-hetero) is 1. The number of fused-ring (bicyclic) bond motifs is 7. The maximum Gasteiger partial charge on any atom is 0.309 e. The molecule has 0 aliphatic heterocycles. The Bertz CT molecular complexity index is 1530. The van der Waals surface area contributed by atoms with Crippen LogP contribution in [0.1, 0.15) is 139 Å². The third-order valence-electron chi connectivity index (χ3n) is 15.8. The molecule has 1 heterocycles. The highest BCUT2D eigenvalue weighted by Gasteiger charge is 2.70. The fourth-order valence-electron chi connectivity index (χ4n) is 12.9. The molecule has 6 rings (SSSR count). The minimum Gasteiger partial charge on any atom is -0.481 e. The molecule has 2 N–H and O–H groups in total. The smallest absolute Gasteiger partial charge is 0.309 e. The van der Waals surface area contributed by atoms with Gasteiger partial charge in [0.05, 0.1) is 11.8 Å². The highest BCUT2D eigenvalue weighted by molar-refractivity contribution is 6.00. The summed E-state index contributed by atoms with van der Waals surface area (Å²) in [5, 5.41) is 13.3. The van der Waals surface area contributed by atoms with Gasteiger partial charge in [-0.2, -0.15) is 0 Å². The standard InChI is InChI=1S/C43H64N2O5/c1-27(2)35-30(46)24-43(20-23-45-26-28-14-21-44-22-15-28)19-18-41(8)29(36(35)43)10-11-32-40(7)16-13-33(50-34(47)25-38(3,4)37(48)49)39(5,6)31(40)12-17-42(32,41)9/h14-15,21-22,27,29,31-33,45H,10-13,16-20,23-26H2,1-9H3,(H,48,49)/t29-,31+,32-,33+,40+,41-,42-,43-/m1/s1. The normalized spacial score (nSPS) is 37.8. The molecule has 50 heavy (non-hydrogen) atoms. The van der Waals surface area contributed by atoms with Gasteiger partial charge in [-0.05, 0) is 141 Å². The number of pyridine rings is 1. The van der Waals surface area contributed by atoms with Gasteiger partial charge in [-0.25, -0.2) is 0 Å². The quantitative estimate of drug-likeness (QED) is 0.187. The van der Waals surface area contributed by atoms with E-state index in [0.29, 0.717) is 30.0 Å². The van der Waals surface area contributed by atoms with E-state index in [1.54, 1.807) is 19.4 Å². The van der Waals surface area contributed by atoms with Gasteiger partial charge in [0.2, 0.25) is 0 Å². The van der Waals surface area contributed by atoms with Crippen LogP contribution in [0.15, 0.2) is 35.7 Å². The van der Waals surface area contributed by atoms with Crippen molar-refractivity contribution in [2.24, 2.45) is 56.2 Å². The number of ether oxygens (including phenoxy) is 1. The van der Waals surface area contributed by atoms with Crippen LogP contribution < -0.4 is 5.32 Å². The Hall–Kier alpha value is -2.54. The molecule has 7 heteroatoms. The Balaban J connectivity index is 1.24. The lowest BCUT2D eigenvalue weighted by Crippen LogP contribution is -2.65. The van der Waals surface area contributed by atoms with E-state index in [4.69, 9.17) is 4.74 Å². The van der Waals surface area contributed by atoms with E-state index < -0.39 is 17.4 Å². The first-order valence-corrected chi connectivity index (χ1v) is 19.6. The second-order valence-corrected chi connectivity index (χ2v) is 19.5. The summed E-state index contributed by atoms with van der Waals surface area (Å²) in [6.07, 6.45) is 13.7. The third-order valence-corrected chi connectivity index (χ3v) is 15.8. The molecule has 8 atom stereocenters. The van der Waals surface area contributed by atoms with E-state index in [-0.39, 0.29) is 45.5 Å². The van der Waals surface area contributed by atoms with Gasteiger partial charge in [-0.1, -0.05) is 54.0 Å². The molecule has 4 saturated carbocycles. The van der Waals surface area contributed by atoms with Crippen molar-refractivity contribution in [1.82, 2.24) is 10.3 Å². The highest BCUT2D eigenvalue weighted by atomic mass is 16.5. The molecule has 1 aromatic rings. The Morgan fingerprint density at radius 2 is 1.66 bits per heavy atom. The number of aromatic nitrogens is 1. The number of ketones is 1. The molecule has 0 spiro atoms. The summed E-state index contributed by atoms with van der Waals surface area (Å²) < 4.78 is 6.17. The Kier molecular flexibility index (Phi) is 9.56. The van der Waals surface area contributed by atoms with Crippen LogP contribution in [0.4, 0.5) is 0 Å². The predicted octanol–water partition coefficient (Wildman–Crippen LogP) is 8.95. The number of carboxylic acids is 1. The highest BCUT2D eigenvalue weighted by Crippen LogP contribution is 2.77. The summed E-state index contributed by atoms with van der Waals surface area (Å²) in [4.78, 5) is 42.9. The number of hydrogen-bond donors (Lipinski definition) is 2. The van der Waals surface area contributed by atoms with E-state index in [1.165, 1.54) is 18.4 Å². The van der Waals surface area contributed by atoms with Crippen molar-refractivity contribution in [2.45, 2.75) is 146 Å². The number of allylic oxidation sites excluding steroid dienone is 2. The Morgan fingerprint density at radius 1 is 0.960 bits per heavy atom. The molecule has 0 bridgehead atoms. The topological polar surface area (TPSA) is 106 Å². The molecule has 0 amide bonds. The molecule has 1 aromatic heterocycles. The monoisotopic (exact) mass is 688 g/mol. The number of hydrogen-bond acceptors (Lipinski definition) is 6. The van der Waals surface area contributed by atoms with Gasteiger partial charge in [-0.15, -0.1) is 0 Å². The molecule has 5 aliphatic carbocycles. The van der Waals surface area contributed by atoms with Crippen molar-refractivity contribution in [1.29, 1.82) is 0 Å². The zero-order valence-electron chi connectivity index (χ0n) is 32.4. The summed E-state index contributed by atoms with van der Waals surface area (Å²) in [6, 6.07) is 4.13. The Labute approximate surface area is 301 Å². The summed E-state index contributed by atoms with van der Waals surface area (Å²) in [5.74, 6) is 0.682. The molecule has 276 valence electrons. The number of carbonyl (C=O) groups is 3. The number of rotatable bonds is 10. The third kappa shape index (κ3) is 5.80. The van der Waals surface area contributed by atoms with Gasteiger partial charge >= 0.3 is 11.9 Å². The minimum absolute atomic E-state index is 0.0322. The summed E-state index contributed by atoms with van der Waals surface area (Å²) in [5.41, 5.74) is 2.96. The van der Waals surface area contributed by atoms with Crippen molar-refractivity contribution in [2.75, 3.05) is 6.54 Å². The lowest BCUT2D eigenvalue weighted by atomic mass is 9.33. The average Bonchev–Trinajstić information content (AvgIpc) is 3.33. The van der Waals surface area contributed by atoms with E-state index in [9.17, 15) is 19.5 Å². The van der Waals surface area contributed by atoms with E-state index in [2.05, 4.69) is 70.9 Å². The lowest BCUT2D eigenvalue weighted by molar-refractivity contribution is -0.233. The van der Waals surface area contributed by atoms with Gasteiger partial charge in [0, 0.05) is 36.2 Å². The fraction of sp³-hybridized carbons (Fsp3) is 0.767. The molecular formula is C43H64N2O5. The van der Waals surface area contributed by atoms with Crippen LogP contribution in [0.2, 0.25) is 0 Å². The summed E-state index contributed by atoms with van der Waals surface area (Å²) >= 11 is 0. The van der Waals surface area contributed by atoms with Crippen LogP contribution in [-0.4, -0.2) is 40.5 Å². The Morgan fingerprint density at radius 3 is 2.32 bits per heavy atom. The maximum atomic E-state index is 14.0. The molecule has 7 nitrogen and oxygen atoms in total. The van der Waals surface area contributed by atoms with Gasteiger partial charge in [0.15, 0.2) is 5.78 Å². The second-order valence-electron chi connectivity index (χ2n) is 19.5. The fourth-order valence-corrected chi connectivity index (χ4v) is 12.9. The molecule has 5 aliphatic rings. The number of nitrogens with one attached hydrogen (secondary N) is 1. The van der Waals surface area contributed by atoms with Crippen molar-refractivity contribution < 1.29 is 24.2 Å². The maximum absolute atomic E-state index is 14.0. The van der Waals surface area contributed by atoms with Gasteiger partial charge in [0.1, 0.15) is 6.10 Å². The van der Waals surface area contributed by atoms with Crippen molar-refractivity contribution in [3.05, 3.63) is 41.2 Å². The van der Waals surface area contributed by atoms with Crippen molar-refractivity contribution >= 4 is 17.7 Å². The number of carbonyl (C=O) groups excluding carboxylic acids is 2. The average molecular weight is 689 g/mol. The van der Waals surface area contributed by atoms with Crippen LogP contribution in [0.5, 0.6) is 0 Å².